The van der Waals surface area contributed by atoms with Gasteiger partial charge in [0.1, 0.15) is 11.6 Å². The van der Waals surface area contributed by atoms with E-state index < -0.39 is 6.10 Å². The normalized spacial score (nSPS) is 11.3. The van der Waals surface area contributed by atoms with Crippen LogP contribution in [0.25, 0.3) is 0 Å². The summed E-state index contributed by atoms with van der Waals surface area (Å²) in [5, 5.41) is 17.5. The number of ether oxygens (including phenoxy) is 1. The summed E-state index contributed by atoms with van der Waals surface area (Å²) in [4.78, 5) is 27.2. The third kappa shape index (κ3) is 8.09. The Kier molecular flexibility index (Phi) is 9.29. The van der Waals surface area contributed by atoms with E-state index >= 15 is 0 Å². The Bertz CT molecular complexity index is 816. The van der Waals surface area contributed by atoms with E-state index in [9.17, 15) is 9.59 Å². The highest BCUT2D eigenvalue weighted by atomic mass is 16.5. The molecule has 0 radical (unpaired) electrons. The van der Waals surface area contributed by atoms with Gasteiger partial charge in [0.15, 0.2) is 12.4 Å². The number of hydrogen-bond acceptors (Lipinski definition) is 7. The summed E-state index contributed by atoms with van der Waals surface area (Å²) in [6, 6.07) is 12.7. The lowest BCUT2D eigenvalue weighted by Crippen LogP contribution is -2.29. The van der Waals surface area contributed by atoms with E-state index in [0.717, 1.165) is 18.3 Å². The van der Waals surface area contributed by atoms with Crippen LogP contribution < -0.4 is 20.7 Å². The Balaban J connectivity index is 1.70. The van der Waals surface area contributed by atoms with Gasteiger partial charge >= 0.3 is 0 Å². The second-order valence-electron chi connectivity index (χ2n) is 6.35. The number of hydrogen-bond donors (Lipinski definition) is 3. The number of anilines is 1. The van der Waals surface area contributed by atoms with Crippen LogP contribution in [0.4, 0.5) is 5.82 Å². The Morgan fingerprint density at radius 3 is 2.66 bits per heavy atom. The smallest absolute Gasteiger partial charge is 0.239 e. The predicted octanol–water partition coefficient (Wildman–Crippen LogP) is 1.28. The first kappa shape index (κ1) is 22.0. The first-order chi connectivity index (χ1) is 14.1. The van der Waals surface area contributed by atoms with E-state index in [1.54, 1.807) is 24.3 Å². The summed E-state index contributed by atoms with van der Waals surface area (Å²) in [6.07, 6.45) is 3.02. The minimum Gasteiger partial charge on any atom is -0.481 e. The molecule has 3 N–H and O–H groups in total. The number of benzene rings is 1. The standard InChI is InChI=1S/C21H25N5O3/c1-23-10-9-19(15-27)29-18-6-7-20(25-13-18)26-21(28)14-24-11-8-16-2-4-17(12-22)5-3-16/h2-7,13,15,19,23-24H,8-11,14H2,1H3,(H,25,26,28). The maximum Gasteiger partial charge on any atom is 0.239 e. The molecule has 0 fully saturated rings. The van der Waals surface area contributed by atoms with E-state index in [1.165, 1.54) is 6.20 Å². The lowest BCUT2D eigenvalue weighted by Gasteiger charge is -2.13. The first-order valence-corrected chi connectivity index (χ1v) is 9.37. The van der Waals surface area contributed by atoms with Crippen molar-refractivity contribution in [2.75, 3.05) is 32.0 Å². The number of nitrogens with zero attached hydrogens (tertiary/aromatic N) is 2. The minimum absolute atomic E-state index is 0.160. The zero-order valence-corrected chi connectivity index (χ0v) is 16.4. The molecule has 1 aromatic heterocycles. The molecule has 2 aromatic rings. The lowest BCUT2D eigenvalue weighted by molar-refractivity contribution is -0.115. The van der Waals surface area contributed by atoms with Crippen LogP contribution in [0.1, 0.15) is 17.5 Å². The van der Waals surface area contributed by atoms with Crippen molar-refractivity contribution in [2.45, 2.75) is 18.9 Å². The van der Waals surface area contributed by atoms with Gasteiger partial charge in [-0.3, -0.25) is 9.59 Å². The molecule has 8 heteroatoms. The molecule has 1 heterocycles. The number of rotatable bonds is 12. The number of aldehydes is 1. The van der Waals surface area contributed by atoms with E-state index in [-0.39, 0.29) is 12.5 Å². The number of amides is 1. The number of carbonyl (C=O) groups is 2. The third-order valence-corrected chi connectivity index (χ3v) is 4.08. The molecule has 152 valence electrons. The highest BCUT2D eigenvalue weighted by Gasteiger charge is 2.09. The average Bonchev–Trinajstić information content (AvgIpc) is 2.75. The second kappa shape index (κ2) is 12.2. The molecular formula is C21H25N5O3. The molecule has 0 saturated heterocycles. The molecule has 29 heavy (non-hydrogen) atoms. The van der Waals surface area contributed by atoms with Crippen LogP contribution in [-0.2, 0) is 16.0 Å². The average molecular weight is 395 g/mol. The van der Waals surface area contributed by atoms with Crippen LogP contribution >= 0.6 is 0 Å². The number of pyridine rings is 1. The minimum atomic E-state index is -0.537. The highest BCUT2D eigenvalue weighted by Crippen LogP contribution is 2.14. The van der Waals surface area contributed by atoms with Crippen molar-refractivity contribution in [3.63, 3.8) is 0 Å². The van der Waals surface area contributed by atoms with Gasteiger partial charge < -0.3 is 20.7 Å². The highest BCUT2D eigenvalue weighted by molar-refractivity contribution is 5.91. The molecular weight excluding hydrogens is 370 g/mol. The summed E-state index contributed by atoms with van der Waals surface area (Å²) < 4.78 is 5.55. The molecule has 1 aromatic carbocycles. The van der Waals surface area contributed by atoms with E-state index in [2.05, 4.69) is 27.0 Å². The number of carbonyl (C=O) groups excluding carboxylic acids is 2. The van der Waals surface area contributed by atoms with Crippen molar-refractivity contribution in [1.29, 1.82) is 5.26 Å². The summed E-state index contributed by atoms with van der Waals surface area (Å²) in [5.74, 6) is 0.677. The molecule has 8 nitrogen and oxygen atoms in total. The van der Waals surface area contributed by atoms with Gasteiger partial charge in [-0.05, 0) is 56.4 Å². The quantitative estimate of drug-likeness (QED) is 0.366. The number of aromatic nitrogens is 1. The first-order valence-electron chi connectivity index (χ1n) is 9.37. The second-order valence-corrected chi connectivity index (χ2v) is 6.35. The van der Waals surface area contributed by atoms with Crippen LogP contribution in [0.2, 0.25) is 0 Å². The zero-order valence-electron chi connectivity index (χ0n) is 16.4. The van der Waals surface area contributed by atoms with Gasteiger partial charge in [0.25, 0.3) is 0 Å². The monoisotopic (exact) mass is 395 g/mol. The van der Waals surface area contributed by atoms with Gasteiger partial charge in [0, 0.05) is 6.42 Å². The molecule has 0 aliphatic rings. The van der Waals surface area contributed by atoms with Crippen molar-refractivity contribution in [3.05, 3.63) is 53.7 Å². The van der Waals surface area contributed by atoms with Crippen molar-refractivity contribution in [3.8, 4) is 11.8 Å². The van der Waals surface area contributed by atoms with Gasteiger partial charge in [-0.15, -0.1) is 0 Å². The predicted molar refractivity (Wildman–Crippen MR) is 110 cm³/mol. The van der Waals surface area contributed by atoms with Gasteiger partial charge in [0.2, 0.25) is 5.91 Å². The van der Waals surface area contributed by atoms with Crippen LogP contribution in [0.3, 0.4) is 0 Å². The third-order valence-electron chi connectivity index (χ3n) is 4.08. The van der Waals surface area contributed by atoms with E-state index in [0.29, 0.717) is 36.6 Å². The van der Waals surface area contributed by atoms with Crippen LogP contribution in [0.5, 0.6) is 5.75 Å². The van der Waals surface area contributed by atoms with Crippen molar-refractivity contribution in [2.24, 2.45) is 0 Å². The lowest BCUT2D eigenvalue weighted by atomic mass is 10.1. The van der Waals surface area contributed by atoms with Gasteiger partial charge in [0.05, 0.1) is 24.4 Å². The summed E-state index contributed by atoms with van der Waals surface area (Å²) in [5.41, 5.74) is 1.72. The number of nitriles is 1. The molecule has 1 atom stereocenters. The molecule has 0 spiro atoms. The molecule has 1 amide bonds. The Morgan fingerprint density at radius 1 is 1.24 bits per heavy atom. The maximum absolute atomic E-state index is 12.0. The molecule has 2 rings (SSSR count). The van der Waals surface area contributed by atoms with Crippen molar-refractivity contribution < 1.29 is 14.3 Å². The van der Waals surface area contributed by atoms with E-state index in [4.69, 9.17) is 10.00 Å². The largest absolute Gasteiger partial charge is 0.481 e. The number of nitrogens with one attached hydrogen (secondary N) is 3. The Labute approximate surface area is 170 Å². The van der Waals surface area contributed by atoms with Crippen molar-refractivity contribution >= 4 is 18.0 Å². The molecule has 1 unspecified atom stereocenters. The van der Waals surface area contributed by atoms with E-state index in [1.807, 2.05) is 19.2 Å². The Hall–Kier alpha value is -3.28. The van der Waals surface area contributed by atoms with Gasteiger partial charge in [-0.1, -0.05) is 12.1 Å². The fourth-order valence-electron chi connectivity index (χ4n) is 2.51. The van der Waals surface area contributed by atoms with Crippen LogP contribution in [-0.4, -0.2) is 50.0 Å². The SMILES string of the molecule is CNCCC(C=O)Oc1ccc(NC(=O)CNCCc2ccc(C#N)cc2)nc1. The summed E-state index contributed by atoms with van der Waals surface area (Å²) >= 11 is 0. The van der Waals surface area contributed by atoms with Crippen LogP contribution in [0.15, 0.2) is 42.6 Å². The fourth-order valence-corrected chi connectivity index (χ4v) is 2.51. The summed E-state index contributed by atoms with van der Waals surface area (Å²) in [7, 11) is 1.81. The maximum atomic E-state index is 12.0. The molecule has 0 aliphatic carbocycles. The topological polar surface area (TPSA) is 116 Å². The van der Waals surface area contributed by atoms with Crippen molar-refractivity contribution in [1.82, 2.24) is 15.6 Å². The molecule has 0 saturated carbocycles. The summed E-state index contributed by atoms with van der Waals surface area (Å²) in [6.45, 7) is 1.47. The fraction of sp³-hybridized carbons (Fsp3) is 0.333. The van der Waals surface area contributed by atoms with Gasteiger partial charge in [-0.2, -0.15) is 5.26 Å². The zero-order chi connectivity index (χ0) is 20.9. The molecule has 0 aliphatic heterocycles. The Morgan fingerprint density at radius 2 is 2.03 bits per heavy atom. The van der Waals surface area contributed by atoms with Crippen LogP contribution in [0, 0.1) is 11.3 Å². The molecule has 0 bridgehead atoms. The van der Waals surface area contributed by atoms with Gasteiger partial charge in [-0.25, -0.2) is 4.98 Å².